The summed E-state index contributed by atoms with van der Waals surface area (Å²) in [4.78, 5) is 46.8. The fourth-order valence-corrected chi connectivity index (χ4v) is 4.05. The van der Waals surface area contributed by atoms with Gasteiger partial charge in [0, 0.05) is 0 Å². The molecule has 0 unspecified atom stereocenters. The average molecular weight is 450 g/mol. The van der Waals surface area contributed by atoms with Crippen molar-refractivity contribution in [2.75, 3.05) is 0 Å². The number of allylic oxidation sites excluding steroid dienone is 2. The topological polar surface area (TPSA) is 86.7 Å². The number of ether oxygens (including phenoxy) is 2. The van der Waals surface area contributed by atoms with Crippen LogP contribution >= 0.6 is 0 Å². The van der Waals surface area contributed by atoms with Crippen molar-refractivity contribution >= 4 is 47.2 Å². The lowest BCUT2D eigenvalue weighted by atomic mass is 9.97. The fourth-order valence-electron chi connectivity index (χ4n) is 4.05. The van der Waals surface area contributed by atoms with E-state index >= 15 is 0 Å². The van der Waals surface area contributed by atoms with Crippen molar-refractivity contribution in [2.24, 2.45) is 0 Å². The van der Waals surface area contributed by atoms with Gasteiger partial charge in [-0.1, -0.05) is 48.6 Å². The molecule has 0 spiro atoms. The zero-order valence-corrected chi connectivity index (χ0v) is 18.4. The zero-order chi connectivity index (χ0) is 24.0. The first-order valence-electron chi connectivity index (χ1n) is 10.6. The average Bonchev–Trinajstić information content (AvgIpc) is 3.27. The van der Waals surface area contributed by atoms with Gasteiger partial charge >= 0.3 is 23.9 Å². The molecule has 0 aliphatic carbocycles. The molecule has 5 rings (SSSR count). The molecule has 2 heterocycles. The molecular weight excluding hydrogens is 432 g/mol. The molecule has 3 aromatic rings. The summed E-state index contributed by atoms with van der Waals surface area (Å²) in [6.45, 7) is 3.94. The molecule has 0 amide bonds. The van der Waals surface area contributed by atoms with E-state index < -0.39 is 23.9 Å². The highest BCUT2D eigenvalue weighted by atomic mass is 16.6. The van der Waals surface area contributed by atoms with Crippen molar-refractivity contribution in [3.8, 4) is 0 Å². The van der Waals surface area contributed by atoms with Crippen LogP contribution in [-0.2, 0) is 9.47 Å². The third kappa shape index (κ3) is 3.75. The Labute approximate surface area is 195 Å². The Bertz CT molecular complexity index is 1360. The van der Waals surface area contributed by atoms with Gasteiger partial charge in [0.25, 0.3) is 0 Å². The minimum Gasteiger partial charge on any atom is -0.386 e. The van der Waals surface area contributed by atoms with E-state index in [1.54, 1.807) is 36.4 Å². The van der Waals surface area contributed by atoms with Gasteiger partial charge in [0.15, 0.2) is 0 Å². The van der Waals surface area contributed by atoms with Crippen LogP contribution in [0.2, 0.25) is 0 Å². The Morgan fingerprint density at radius 3 is 1.26 bits per heavy atom. The van der Waals surface area contributed by atoms with Crippen LogP contribution in [0.15, 0.2) is 60.7 Å². The number of hydrogen-bond acceptors (Lipinski definition) is 6. The van der Waals surface area contributed by atoms with Gasteiger partial charge < -0.3 is 9.47 Å². The number of cyclic esters (lactones) is 4. The second-order valence-corrected chi connectivity index (χ2v) is 8.20. The highest BCUT2D eigenvalue weighted by Crippen LogP contribution is 2.27. The van der Waals surface area contributed by atoms with Crippen LogP contribution in [-0.4, -0.2) is 23.9 Å². The Morgan fingerprint density at radius 1 is 0.529 bits per heavy atom. The first kappa shape index (κ1) is 21.3. The quantitative estimate of drug-likeness (QED) is 0.299. The molecule has 0 radical (unpaired) electrons. The maximum absolute atomic E-state index is 11.8. The van der Waals surface area contributed by atoms with Gasteiger partial charge in [-0.2, -0.15) is 0 Å². The van der Waals surface area contributed by atoms with E-state index in [0.29, 0.717) is 11.1 Å². The first-order valence-corrected chi connectivity index (χ1v) is 10.6. The molecule has 6 heteroatoms. The highest BCUT2D eigenvalue weighted by molar-refractivity contribution is 6.15. The molecule has 166 valence electrons. The number of carbonyl (C=O) groups excluding carboxylic acids is 4. The summed E-state index contributed by atoms with van der Waals surface area (Å²) in [6, 6.07) is 18.1. The summed E-state index contributed by atoms with van der Waals surface area (Å²) in [7, 11) is 0. The molecule has 0 fully saturated rings. The molecule has 0 saturated heterocycles. The smallest absolute Gasteiger partial charge is 0.346 e. The molecular formula is C28H18O6. The SMILES string of the molecule is C/C(=C\c1ccc2c(c1)C(=O)OC2=O)c1ccc(/C(C)=C/c2ccc3c(c2)C(=O)OC3=O)cc1. The first-order chi connectivity index (χ1) is 16.3. The van der Waals surface area contributed by atoms with Crippen molar-refractivity contribution < 1.29 is 28.7 Å². The Hall–Kier alpha value is -4.58. The third-order valence-corrected chi connectivity index (χ3v) is 5.90. The predicted molar refractivity (Wildman–Crippen MR) is 126 cm³/mol. The van der Waals surface area contributed by atoms with Crippen LogP contribution in [0.5, 0.6) is 0 Å². The van der Waals surface area contributed by atoms with Crippen LogP contribution in [0.25, 0.3) is 23.3 Å². The molecule has 6 nitrogen and oxygen atoms in total. The molecule has 0 bridgehead atoms. The molecule has 0 N–H and O–H groups in total. The van der Waals surface area contributed by atoms with Gasteiger partial charge in [-0.05, 0) is 71.5 Å². The summed E-state index contributed by atoms with van der Waals surface area (Å²) in [5, 5.41) is 0. The summed E-state index contributed by atoms with van der Waals surface area (Å²) in [6.07, 6.45) is 3.89. The van der Waals surface area contributed by atoms with Crippen LogP contribution in [0.4, 0.5) is 0 Å². The van der Waals surface area contributed by atoms with Crippen molar-refractivity contribution in [3.63, 3.8) is 0 Å². The van der Waals surface area contributed by atoms with Gasteiger partial charge in [0.2, 0.25) is 0 Å². The maximum Gasteiger partial charge on any atom is 0.346 e. The van der Waals surface area contributed by atoms with Gasteiger partial charge in [-0.3, -0.25) is 0 Å². The van der Waals surface area contributed by atoms with Crippen molar-refractivity contribution in [1.82, 2.24) is 0 Å². The van der Waals surface area contributed by atoms with Crippen molar-refractivity contribution in [2.45, 2.75) is 13.8 Å². The Morgan fingerprint density at radius 2 is 0.882 bits per heavy atom. The highest BCUT2D eigenvalue weighted by Gasteiger charge is 2.30. The molecule has 3 aromatic carbocycles. The zero-order valence-electron chi connectivity index (χ0n) is 18.4. The van der Waals surface area contributed by atoms with Crippen LogP contribution in [0.3, 0.4) is 0 Å². The second-order valence-electron chi connectivity index (χ2n) is 8.20. The summed E-state index contributed by atoms with van der Waals surface area (Å²) in [5.41, 5.74) is 6.76. The number of hydrogen-bond donors (Lipinski definition) is 0. The van der Waals surface area contributed by atoms with Crippen LogP contribution < -0.4 is 0 Å². The van der Waals surface area contributed by atoms with Crippen molar-refractivity contribution in [1.29, 1.82) is 0 Å². The van der Waals surface area contributed by atoms with E-state index in [0.717, 1.165) is 33.4 Å². The van der Waals surface area contributed by atoms with Crippen LogP contribution in [0.1, 0.15) is 77.5 Å². The standard InChI is InChI=1S/C28H18O6/c1-15(11-17-3-9-21-23(13-17)27(31)33-25(21)29)19-5-7-20(8-6-19)16(2)12-18-4-10-22-24(14-18)28(32)34-26(22)30/h3-14H,1-2H3/b15-11+,16-12+. The fraction of sp³-hybridized carbons (Fsp3) is 0.0714. The Kier molecular flexibility index (Phi) is 5.06. The summed E-state index contributed by atoms with van der Waals surface area (Å²) < 4.78 is 9.29. The van der Waals surface area contributed by atoms with E-state index in [2.05, 4.69) is 9.47 Å². The molecule has 2 aliphatic heterocycles. The van der Waals surface area contributed by atoms with Gasteiger partial charge in [0.05, 0.1) is 22.3 Å². The van der Waals surface area contributed by atoms with Gasteiger partial charge in [0.1, 0.15) is 0 Å². The predicted octanol–water partition coefficient (Wildman–Crippen LogP) is 5.43. The van der Waals surface area contributed by atoms with Gasteiger partial charge in [-0.15, -0.1) is 0 Å². The number of esters is 4. The number of benzene rings is 3. The summed E-state index contributed by atoms with van der Waals surface area (Å²) >= 11 is 0. The lowest BCUT2D eigenvalue weighted by Gasteiger charge is -2.07. The molecule has 2 aliphatic rings. The van der Waals surface area contributed by atoms with Crippen molar-refractivity contribution in [3.05, 3.63) is 105 Å². The number of fused-ring (bicyclic) bond motifs is 2. The molecule has 0 atom stereocenters. The largest absolute Gasteiger partial charge is 0.386 e. The lowest BCUT2D eigenvalue weighted by molar-refractivity contribution is 0.0425. The van der Waals surface area contributed by atoms with E-state index in [4.69, 9.17) is 0 Å². The number of rotatable bonds is 4. The normalized spacial score (nSPS) is 15.2. The monoisotopic (exact) mass is 450 g/mol. The second kappa shape index (κ2) is 8.08. The Balaban J connectivity index is 1.37. The van der Waals surface area contributed by atoms with Crippen LogP contribution in [0, 0.1) is 0 Å². The van der Waals surface area contributed by atoms with Gasteiger partial charge in [-0.25, -0.2) is 19.2 Å². The third-order valence-electron chi connectivity index (χ3n) is 5.90. The minimum absolute atomic E-state index is 0.284. The van der Waals surface area contributed by atoms with E-state index in [9.17, 15) is 19.2 Å². The van der Waals surface area contributed by atoms with E-state index in [-0.39, 0.29) is 11.1 Å². The minimum atomic E-state index is -0.619. The summed E-state index contributed by atoms with van der Waals surface area (Å²) in [5.74, 6) is -2.46. The molecule has 0 saturated carbocycles. The van der Waals surface area contributed by atoms with E-state index in [1.165, 1.54) is 0 Å². The maximum atomic E-state index is 11.8. The molecule has 34 heavy (non-hydrogen) atoms. The number of carbonyl (C=O) groups is 4. The van der Waals surface area contributed by atoms with E-state index in [1.807, 2.05) is 50.3 Å². The molecule has 0 aromatic heterocycles. The lowest BCUT2D eigenvalue weighted by Crippen LogP contribution is -1.96.